The van der Waals surface area contributed by atoms with Crippen molar-refractivity contribution >= 4 is 33.0 Å². The van der Waals surface area contributed by atoms with E-state index in [2.05, 4.69) is 25.9 Å². The average Bonchev–Trinajstić information content (AvgIpc) is 2.73. The van der Waals surface area contributed by atoms with Crippen LogP contribution in [0.1, 0.15) is 0 Å². The summed E-state index contributed by atoms with van der Waals surface area (Å²) >= 11 is 3.37. The lowest BCUT2D eigenvalue weighted by Gasteiger charge is -2.10. The van der Waals surface area contributed by atoms with E-state index in [0.717, 1.165) is 21.4 Å². The first-order valence-electron chi connectivity index (χ1n) is 5.63. The largest absolute Gasteiger partial charge is 0.495 e. The molecule has 0 saturated heterocycles. The normalized spacial score (nSPS) is 10.8. The molecule has 0 amide bonds. The predicted molar refractivity (Wildman–Crippen MR) is 77.5 cm³/mol. The zero-order valence-corrected chi connectivity index (χ0v) is 11.8. The van der Waals surface area contributed by atoms with Crippen molar-refractivity contribution in [2.45, 2.75) is 0 Å². The van der Waals surface area contributed by atoms with Crippen LogP contribution in [-0.4, -0.2) is 21.6 Å². The number of para-hydroxylation sites is 2. The minimum Gasteiger partial charge on any atom is -0.495 e. The Bertz CT molecular complexity index is 753. The van der Waals surface area contributed by atoms with Crippen LogP contribution < -0.4 is 10.5 Å². The Labute approximate surface area is 118 Å². The number of imidazole rings is 1. The molecule has 0 spiro atoms. The monoisotopic (exact) mass is 318 g/mol. The van der Waals surface area contributed by atoms with Gasteiger partial charge in [0.1, 0.15) is 11.3 Å². The fraction of sp³-hybridized carbons (Fsp3) is 0.0769. The smallest absolute Gasteiger partial charge is 0.207 e. The number of fused-ring (bicyclic) bond motifs is 1. The van der Waals surface area contributed by atoms with E-state index < -0.39 is 0 Å². The molecular formula is C13H11BrN4O. The molecule has 3 rings (SSSR count). The zero-order chi connectivity index (χ0) is 13.4. The van der Waals surface area contributed by atoms with Gasteiger partial charge in [-0.25, -0.2) is 9.97 Å². The van der Waals surface area contributed by atoms with Gasteiger partial charge in [0, 0.05) is 10.7 Å². The molecule has 0 radical (unpaired) electrons. The van der Waals surface area contributed by atoms with Gasteiger partial charge in [-0.3, -0.25) is 4.57 Å². The van der Waals surface area contributed by atoms with Crippen molar-refractivity contribution in [3.8, 4) is 11.4 Å². The Morgan fingerprint density at radius 2 is 2.11 bits per heavy atom. The summed E-state index contributed by atoms with van der Waals surface area (Å²) in [5.41, 5.74) is 8.25. The number of nitrogen functional groups attached to an aromatic ring is 1. The van der Waals surface area contributed by atoms with Crippen molar-refractivity contribution in [2.24, 2.45) is 0 Å². The highest BCUT2D eigenvalue weighted by atomic mass is 79.9. The number of nitrogens with zero attached hydrogens (tertiary/aromatic N) is 3. The molecular weight excluding hydrogens is 308 g/mol. The average molecular weight is 319 g/mol. The molecule has 2 heterocycles. The molecule has 0 aliphatic rings. The van der Waals surface area contributed by atoms with E-state index in [0.29, 0.717) is 11.6 Å². The summed E-state index contributed by atoms with van der Waals surface area (Å²) in [6.45, 7) is 0. The molecule has 0 atom stereocenters. The Morgan fingerprint density at radius 1 is 1.32 bits per heavy atom. The van der Waals surface area contributed by atoms with Crippen LogP contribution in [0.4, 0.5) is 5.95 Å². The van der Waals surface area contributed by atoms with Crippen molar-refractivity contribution in [1.82, 2.24) is 14.5 Å². The fourth-order valence-electron chi connectivity index (χ4n) is 2.01. The van der Waals surface area contributed by atoms with Crippen LogP contribution in [0.15, 0.2) is 41.0 Å². The maximum Gasteiger partial charge on any atom is 0.207 e. The van der Waals surface area contributed by atoms with Gasteiger partial charge in [0.25, 0.3) is 0 Å². The van der Waals surface area contributed by atoms with Crippen molar-refractivity contribution in [1.29, 1.82) is 0 Å². The summed E-state index contributed by atoms with van der Waals surface area (Å²) in [7, 11) is 1.62. The number of rotatable bonds is 2. The highest BCUT2D eigenvalue weighted by Gasteiger charge is 2.14. The first-order valence-corrected chi connectivity index (χ1v) is 6.43. The molecule has 0 aliphatic heterocycles. The van der Waals surface area contributed by atoms with Crippen molar-refractivity contribution in [3.05, 3.63) is 41.0 Å². The summed E-state index contributed by atoms with van der Waals surface area (Å²) in [5, 5.41) is 0. The molecule has 3 aromatic rings. The molecule has 6 heteroatoms. The number of hydrogen-bond donors (Lipinski definition) is 1. The lowest BCUT2D eigenvalue weighted by atomic mass is 10.3. The van der Waals surface area contributed by atoms with Crippen molar-refractivity contribution in [2.75, 3.05) is 12.8 Å². The molecule has 96 valence electrons. The lowest BCUT2D eigenvalue weighted by molar-refractivity contribution is 0.413. The molecule has 0 aliphatic carbocycles. The number of benzene rings is 1. The topological polar surface area (TPSA) is 66.0 Å². The second-order valence-corrected chi connectivity index (χ2v) is 4.89. The third kappa shape index (κ3) is 1.94. The van der Waals surface area contributed by atoms with E-state index in [4.69, 9.17) is 10.5 Å². The van der Waals surface area contributed by atoms with Crippen molar-refractivity contribution in [3.63, 3.8) is 0 Å². The second-order valence-electron chi connectivity index (χ2n) is 3.97. The highest BCUT2D eigenvalue weighted by Crippen LogP contribution is 2.29. The number of ether oxygens (including phenoxy) is 1. The van der Waals surface area contributed by atoms with Crippen LogP contribution in [0, 0.1) is 0 Å². The lowest BCUT2D eigenvalue weighted by Crippen LogP contribution is -2.03. The third-order valence-corrected chi connectivity index (χ3v) is 3.25. The standard InChI is InChI=1S/C13H11BrN4O/c1-19-11-5-3-2-4-10(11)18-12-9(17-13(18)15)6-8(14)7-16-12/h2-7H,1H3,(H2,15,17). The zero-order valence-electron chi connectivity index (χ0n) is 10.2. The molecule has 0 bridgehead atoms. The first kappa shape index (κ1) is 12.0. The van der Waals surface area contributed by atoms with Gasteiger partial charge < -0.3 is 10.5 Å². The highest BCUT2D eigenvalue weighted by molar-refractivity contribution is 9.10. The fourth-order valence-corrected chi connectivity index (χ4v) is 2.33. The summed E-state index contributed by atoms with van der Waals surface area (Å²) < 4.78 is 8.00. The van der Waals surface area contributed by atoms with E-state index in [9.17, 15) is 0 Å². The maximum absolute atomic E-state index is 6.00. The molecule has 0 saturated carbocycles. The van der Waals surface area contributed by atoms with Crippen LogP contribution >= 0.6 is 15.9 Å². The molecule has 0 fully saturated rings. The molecule has 2 N–H and O–H groups in total. The molecule has 5 nitrogen and oxygen atoms in total. The second kappa shape index (κ2) is 4.55. The number of hydrogen-bond acceptors (Lipinski definition) is 4. The van der Waals surface area contributed by atoms with Crippen molar-refractivity contribution < 1.29 is 4.74 Å². The Morgan fingerprint density at radius 3 is 2.89 bits per heavy atom. The predicted octanol–water partition coefficient (Wildman–Crippen LogP) is 2.77. The van der Waals surface area contributed by atoms with Crippen LogP contribution in [0.25, 0.3) is 16.9 Å². The third-order valence-electron chi connectivity index (χ3n) is 2.82. The van der Waals surface area contributed by atoms with E-state index in [1.807, 2.05) is 30.3 Å². The number of anilines is 1. The van der Waals surface area contributed by atoms with Crippen LogP contribution in [-0.2, 0) is 0 Å². The van der Waals surface area contributed by atoms with Crippen LogP contribution in [0.2, 0.25) is 0 Å². The number of methoxy groups -OCH3 is 1. The van der Waals surface area contributed by atoms with Gasteiger partial charge in [0.05, 0.1) is 12.8 Å². The summed E-state index contributed by atoms with van der Waals surface area (Å²) in [6, 6.07) is 9.49. The number of nitrogens with two attached hydrogens (primary N) is 1. The summed E-state index contributed by atoms with van der Waals surface area (Å²) in [4.78, 5) is 8.69. The van der Waals surface area contributed by atoms with Crippen LogP contribution in [0.5, 0.6) is 5.75 Å². The molecule has 2 aromatic heterocycles. The van der Waals surface area contributed by atoms with Gasteiger partial charge in [-0.15, -0.1) is 0 Å². The number of halogens is 1. The Kier molecular flexibility index (Phi) is 2.87. The summed E-state index contributed by atoms with van der Waals surface area (Å²) in [5.74, 6) is 1.10. The minimum atomic E-state index is 0.380. The van der Waals surface area contributed by atoms with E-state index in [1.54, 1.807) is 17.9 Å². The van der Waals surface area contributed by atoms with Gasteiger partial charge in [0.15, 0.2) is 5.65 Å². The van der Waals surface area contributed by atoms with Gasteiger partial charge in [-0.05, 0) is 34.1 Å². The van der Waals surface area contributed by atoms with E-state index in [-0.39, 0.29) is 0 Å². The quantitative estimate of drug-likeness (QED) is 0.789. The van der Waals surface area contributed by atoms with Gasteiger partial charge in [-0.1, -0.05) is 12.1 Å². The van der Waals surface area contributed by atoms with Gasteiger partial charge >= 0.3 is 0 Å². The van der Waals surface area contributed by atoms with E-state index in [1.165, 1.54) is 0 Å². The van der Waals surface area contributed by atoms with E-state index >= 15 is 0 Å². The van der Waals surface area contributed by atoms with Gasteiger partial charge in [-0.2, -0.15) is 0 Å². The molecule has 0 unspecified atom stereocenters. The Hall–Kier alpha value is -2.08. The number of pyridine rings is 1. The SMILES string of the molecule is COc1ccccc1-n1c(N)nc2cc(Br)cnc21. The summed E-state index contributed by atoms with van der Waals surface area (Å²) in [6.07, 6.45) is 1.72. The Balaban J connectivity index is 2.33. The molecule has 1 aromatic carbocycles. The molecule has 19 heavy (non-hydrogen) atoms. The van der Waals surface area contributed by atoms with Gasteiger partial charge in [0.2, 0.25) is 5.95 Å². The van der Waals surface area contributed by atoms with Crippen LogP contribution in [0.3, 0.4) is 0 Å². The minimum absolute atomic E-state index is 0.380. The maximum atomic E-state index is 6.00. The number of aromatic nitrogens is 3. The first-order chi connectivity index (χ1) is 9.20.